The molecule has 0 radical (unpaired) electrons. The van der Waals surface area contributed by atoms with Gasteiger partial charge in [-0.05, 0) is 48.4 Å². The van der Waals surface area contributed by atoms with Crippen molar-refractivity contribution in [3.05, 3.63) is 76.5 Å². The number of benzene rings is 2. The number of anilines is 1. The van der Waals surface area contributed by atoms with E-state index in [2.05, 4.69) is 10.6 Å². The minimum Gasteiger partial charge on any atom is -0.478 e. The summed E-state index contributed by atoms with van der Waals surface area (Å²) in [6.45, 7) is 0.534. The molecule has 7 heteroatoms. The van der Waals surface area contributed by atoms with Crippen LogP contribution < -0.4 is 10.6 Å². The number of carbonyl (C=O) groups excluding carboxylic acids is 1. The van der Waals surface area contributed by atoms with Gasteiger partial charge in [-0.2, -0.15) is 5.26 Å². The number of hydrogen-bond acceptors (Lipinski definition) is 4. The first-order valence-corrected chi connectivity index (χ1v) is 8.10. The molecule has 0 bridgehead atoms. The monoisotopic (exact) mass is 369 g/mol. The molecule has 0 aliphatic rings. The Kier molecular flexibility index (Phi) is 6.77. The van der Waals surface area contributed by atoms with Gasteiger partial charge in [-0.25, -0.2) is 4.79 Å². The lowest BCUT2D eigenvalue weighted by Gasteiger charge is -2.06. The van der Waals surface area contributed by atoms with Gasteiger partial charge in [0.05, 0.1) is 5.56 Å². The number of rotatable bonds is 7. The molecule has 0 unspecified atom stereocenters. The molecule has 3 N–H and O–H groups in total. The van der Waals surface area contributed by atoms with Gasteiger partial charge in [0.15, 0.2) is 0 Å². The van der Waals surface area contributed by atoms with Crippen LogP contribution >= 0.6 is 11.6 Å². The van der Waals surface area contributed by atoms with Crippen molar-refractivity contribution < 1.29 is 14.7 Å². The third-order valence-corrected chi connectivity index (χ3v) is 3.68. The Morgan fingerprint density at radius 3 is 2.54 bits per heavy atom. The van der Waals surface area contributed by atoms with Gasteiger partial charge < -0.3 is 15.7 Å². The van der Waals surface area contributed by atoms with E-state index < -0.39 is 11.9 Å². The molecule has 0 aromatic heterocycles. The Balaban J connectivity index is 1.90. The molecule has 0 spiro atoms. The van der Waals surface area contributed by atoms with Gasteiger partial charge in [0, 0.05) is 23.5 Å². The van der Waals surface area contributed by atoms with Crippen molar-refractivity contribution in [1.82, 2.24) is 5.32 Å². The maximum Gasteiger partial charge on any atom is 0.335 e. The van der Waals surface area contributed by atoms with Crippen molar-refractivity contribution in [2.24, 2.45) is 0 Å². The highest BCUT2D eigenvalue weighted by atomic mass is 35.5. The van der Waals surface area contributed by atoms with Gasteiger partial charge in [-0.15, -0.1) is 0 Å². The Hall–Kier alpha value is -3.30. The molecule has 0 aliphatic carbocycles. The molecule has 1 amide bonds. The van der Waals surface area contributed by atoms with Gasteiger partial charge in [-0.1, -0.05) is 23.7 Å². The van der Waals surface area contributed by atoms with Crippen LogP contribution in [0.4, 0.5) is 5.69 Å². The first-order valence-electron chi connectivity index (χ1n) is 7.72. The fraction of sp³-hybridized carbons (Fsp3) is 0.105. The van der Waals surface area contributed by atoms with Crippen molar-refractivity contribution in [3.8, 4) is 6.07 Å². The van der Waals surface area contributed by atoms with E-state index in [9.17, 15) is 9.59 Å². The summed E-state index contributed by atoms with van der Waals surface area (Å²) in [5.74, 6) is -1.63. The first-order chi connectivity index (χ1) is 12.5. The Labute approximate surface area is 155 Å². The van der Waals surface area contributed by atoms with Crippen LogP contribution in [0.5, 0.6) is 0 Å². The molecule has 2 rings (SSSR count). The molecule has 0 saturated carbocycles. The highest BCUT2D eigenvalue weighted by molar-refractivity contribution is 6.30. The third-order valence-electron chi connectivity index (χ3n) is 3.45. The number of nitrogens with one attached hydrogen (secondary N) is 2. The number of aromatic carboxylic acids is 1. The van der Waals surface area contributed by atoms with Crippen LogP contribution in [0.3, 0.4) is 0 Å². The molecular weight excluding hydrogens is 354 g/mol. The maximum absolute atomic E-state index is 12.1. The van der Waals surface area contributed by atoms with Crippen molar-refractivity contribution in [2.75, 3.05) is 11.9 Å². The number of carbonyl (C=O) groups is 2. The summed E-state index contributed by atoms with van der Waals surface area (Å²) in [6, 6.07) is 14.9. The average molecular weight is 370 g/mol. The molecule has 2 aromatic carbocycles. The summed E-state index contributed by atoms with van der Waals surface area (Å²) in [5.41, 5.74) is 1.47. The third kappa shape index (κ3) is 5.65. The van der Waals surface area contributed by atoms with Crippen LogP contribution in [0, 0.1) is 11.3 Å². The lowest BCUT2D eigenvalue weighted by atomic mass is 10.1. The molecule has 0 saturated heterocycles. The van der Waals surface area contributed by atoms with Crippen LogP contribution in [0.15, 0.2) is 60.3 Å². The van der Waals surface area contributed by atoms with Crippen LogP contribution in [-0.4, -0.2) is 23.5 Å². The summed E-state index contributed by atoms with van der Waals surface area (Å²) in [5, 5.41) is 24.1. The van der Waals surface area contributed by atoms with Crippen LogP contribution in [0.2, 0.25) is 5.02 Å². The van der Waals surface area contributed by atoms with Gasteiger partial charge in [-0.3, -0.25) is 4.79 Å². The highest BCUT2D eigenvalue weighted by Gasteiger charge is 2.10. The number of nitriles is 1. The van der Waals surface area contributed by atoms with Gasteiger partial charge in [0.2, 0.25) is 0 Å². The summed E-state index contributed by atoms with van der Waals surface area (Å²) in [6.07, 6.45) is 2.04. The van der Waals surface area contributed by atoms with Crippen LogP contribution in [-0.2, 0) is 11.2 Å². The molecule has 132 valence electrons. The number of amides is 1. The Morgan fingerprint density at radius 1 is 1.19 bits per heavy atom. The fourth-order valence-corrected chi connectivity index (χ4v) is 2.34. The predicted octanol–water partition coefficient (Wildman–Crippen LogP) is 3.22. The van der Waals surface area contributed by atoms with Crippen molar-refractivity contribution in [2.45, 2.75) is 6.42 Å². The number of carboxylic acids is 1. The van der Waals surface area contributed by atoms with E-state index in [0.29, 0.717) is 23.7 Å². The van der Waals surface area contributed by atoms with E-state index in [4.69, 9.17) is 22.0 Å². The van der Waals surface area contributed by atoms with E-state index in [1.807, 2.05) is 24.3 Å². The van der Waals surface area contributed by atoms with Gasteiger partial charge in [0.1, 0.15) is 11.6 Å². The molecule has 26 heavy (non-hydrogen) atoms. The number of nitrogens with zero attached hydrogens (tertiary/aromatic N) is 1. The lowest BCUT2D eigenvalue weighted by molar-refractivity contribution is -0.112. The summed E-state index contributed by atoms with van der Waals surface area (Å²) >= 11 is 5.92. The molecule has 6 nitrogen and oxygen atoms in total. The summed E-state index contributed by atoms with van der Waals surface area (Å²) in [7, 11) is 0. The van der Waals surface area contributed by atoms with Crippen LogP contribution in [0.25, 0.3) is 0 Å². The molecule has 2 aromatic rings. The number of halogens is 1. The standard InChI is InChI=1S/C19H16ClN3O3/c20-16-3-1-2-13(10-16)8-9-22-12-15(11-21)18(24)23-17-6-4-14(5-7-17)19(25)26/h1-7,10,12,22H,8-9H2,(H,23,24)(H,25,26)/b15-12-. The van der Waals surface area contributed by atoms with E-state index in [-0.39, 0.29) is 11.1 Å². The Morgan fingerprint density at radius 2 is 1.92 bits per heavy atom. The largest absolute Gasteiger partial charge is 0.478 e. The zero-order valence-corrected chi connectivity index (χ0v) is 14.5. The Bertz CT molecular complexity index is 870. The minimum absolute atomic E-state index is 0.0848. The second kappa shape index (κ2) is 9.25. The first kappa shape index (κ1) is 19.0. The molecule has 0 fully saturated rings. The predicted molar refractivity (Wildman–Crippen MR) is 98.9 cm³/mol. The summed E-state index contributed by atoms with van der Waals surface area (Å²) in [4.78, 5) is 22.9. The lowest BCUT2D eigenvalue weighted by Crippen LogP contribution is -2.18. The topological polar surface area (TPSA) is 102 Å². The quantitative estimate of drug-likeness (QED) is 0.395. The second-order valence-electron chi connectivity index (χ2n) is 5.34. The second-order valence-corrected chi connectivity index (χ2v) is 5.78. The van der Waals surface area contributed by atoms with Gasteiger partial charge in [0.25, 0.3) is 5.91 Å². The normalized spacial score (nSPS) is 10.7. The minimum atomic E-state index is -1.05. The zero-order valence-electron chi connectivity index (χ0n) is 13.7. The molecule has 0 aliphatic heterocycles. The maximum atomic E-state index is 12.1. The molecular formula is C19H16ClN3O3. The zero-order chi connectivity index (χ0) is 18.9. The highest BCUT2D eigenvalue weighted by Crippen LogP contribution is 2.12. The van der Waals surface area contributed by atoms with Crippen LogP contribution in [0.1, 0.15) is 15.9 Å². The average Bonchev–Trinajstić information content (AvgIpc) is 2.62. The smallest absolute Gasteiger partial charge is 0.335 e. The molecule has 0 atom stereocenters. The van der Waals surface area contributed by atoms with E-state index in [0.717, 1.165) is 5.56 Å². The van der Waals surface area contributed by atoms with E-state index in [1.54, 1.807) is 6.07 Å². The SMILES string of the molecule is N#C/C(=C/NCCc1cccc(Cl)c1)C(=O)Nc1ccc(C(=O)O)cc1. The number of carboxylic acid groups (broad SMARTS) is 1. The molecule has 0 heterocycles. The van der Waals surface area contributed by atoms with Crippen molar-refractivity contribution >= 4 is 29.2 Å². The van der Waals surface area contributed by atoms with Gasteiger partial charge >= 0.3 is 5.97 Å². The summed E-state index contributed by atoms with van der Waals surface area (Å²) < 4.78 is 0. The fourth-order valence-electron chi connectivity index (χ4n) is 2.13. The van der Waals surface area contributed by atoms with Crippen molar-refractivity contribution in [3.63, 3.8) is 0 Å². The van der Waals surface area contributed by atoms with E-state index >= 15 is 0 Å². The van der Waals surface area contributed by atoms with E-state index in [1.165, 1.54) is 30.5 Å². The number of hydrogen-bond donors (Lipinski definition) is 3. The van der Waals surface area contributed by atoms with Crippen molar-refractivity contribution in [1.29, 1.82) is 5.26 Å².